The molecule has 0 fully saturated rings. The molecule has 0 bridgehead atoms. The number of amides is 1. The van der Waals surface area contributed by atoms with Crippen molar-refractivity contribution in [3.05, 3.63) is 57.6 Å². The van der Waals surface area contributed by atoms with Gasteiger partial charge in [0.2, 0.25) is 0 Å². The third-order valence-electron chi connectivity index (χ3n) is 4.55. The van der Waals surface area contributed by atoms with E-state index in [4.69, 9.17) is 9.82 Å². The second-order valence-corrected chi connectivity index (χ2v) is 7.53. The van der Waals surface area contributed by atoms with Crippen LogP contribution < -0.4 is 5.32 Å². The second kappa shape index (κ2) is 8.04. The topological polar surface area (TPSA) is 89.4 Å². The summed E-state index contributed by atoms with van der Waals surface area (Å²) in [6.45, 7) is 4.20. The van der Waals surface area contributed by atoms with Gasteiger partial charge in [-0.1, -0.05) is 12.1 Å². The van der Waals surface area contributed by atoms with Crippen LogP contribution in [0.15, 0.2) is 35.9 Å². The Balaban J connectivity index is 1.55. The van der Waals surface area contributed by atoms with Gasteiger partial charge in [-0.25, -0.2) is 14.4 Å². The highest BCUT2D eigenvalue weighted by Gasteiger charge is 2.19. The number of nitrogens with one attached hydrogen (secondary N) is 1. The number of hydrogen-bond acceptors (Lipinski definition) is 7. The number of nitrogens with zero attached hydrogens (tertiary/aromatic N) is 4. The van der Waals surface area contributed by atoms with Crippen molar-refractivity contribution in [2.45, 2.75) is 26.7 Å². The van der Waals surface area contributed by atoms with E-state index >= 15 is 0 Å². The number of rotatable bonds is 5. The molecule has 0 aromatic carbocycles. The van der Waals surface area contributed by atoms with Gasteiger partial charge >= 0.3 is 0 Å². The standard InChI is InChI=1S/C20H18FN5O2S/c1-3-16-18(25-20(29-16)15-6-7-28-26-15)12-4-5-17(23-8-12)24-19(27)13-9-22-10-14(21)11(13)2/h4-5,8-10H,3,6-7H2,1-2H3,(H,23,24,27). The molecule has 1 amide bonds. The van der Waals surface area contributed by atoms with Crippen molar-refractivity contribution in [2.75, 3.05) is 11.9 Å². The number of aryl methyl sites for hydroxylation is 1. The van der Waals surface area contributed by atoms with Crippen LogP contribution in [0, 0.1) is 12.7 Å². The lowest BCUT2D eigenvalue weighted by Gasteiger charge is -2.08. The van der Waals surface area contributed by atoms with Crippen molar-refractivity contribution in [3.63, 3.8) is 0 Å². The van der Waals surface area contributed by atoms with Crippen LogP contribution in [0.5, 0.6) is 0 Å². The van der Waals surface area contributed by atoms with Crippen molar-refractivity contribution < 1.29 is 14.0 Å². The zero-order chi connectivity index (χ0) is 20.4. The van der Waals surface area contributed by atoms with Gasteiger partial charge in [-0.2, -0.15) is 0 Å². The second-order valence-electron chi connectivity index (χ2n) is 6.45. The average molecular weight is 411 g/mol. The quantitative estimate of drug-likeness (QED) is 0.686. The number of anilines is 1. The highest BCUT2D eigenvalue weighted by Crippen LogP contribution is 2.30. The fourth-order valence-corrected chi connectivity index (χ4v) is 3.95. The SMILES string of the molecule is CCc1sc(C2=NOCC2)nc1-c1ccc(NC(=O)c2cncc(F)c2C)nc1. The van der Waals surface area contributed by atoms with Gasteiger partial charge in [-0.15, -0.1) is 11.3 Å². The number of aromatic nitrogens is 3. The first kappa shape index (κ1) is 19.1. The van der Waals surface area contributed by atoms with Crippen molar-refractivity contribution >= 4 is 28.8 Å². The smallest absolute Gasteiger partial charge is 0.258 e. The Morgan fingerprint density at radius 1 is 1.31 bits per heavy atom. The summed E-state index contributed by atoms with van der Waals surface area (Å²) in [5.74, 6) is -0.617. The van der Waals surface area contributed by atoms with Crippen LogP contribution in [0.25, 0.3) is 11.3 Å². The third-order valence-corrected chi connectivity index (χ3v) is 5.80. The van der Waals surface area contributed by atoms with Crippen LogP contribution in [0.3, 0.4) is 0 Å². The largest absolute Gasteiger partial charge is 0.395 e. The number of pyridine rings is 2. The molecule has 1 aliphatic heterocycles. The number of thiazole rings is 1. The molecule has 0 radical (unpaired) electrons. The van der Waals surface area contributed by atoms with Crippen molar-refractivity contribution in [2.24, 2.45) is 5.16 Å². The lowest BCUT2D eigenvalue weighted by Crippen LogP contribution is -2.15. The lowest BCUT2D eigenvalue weighted by atomic mass is 10.1. The Bertz CT molecular complexity index is 1090. The highest BCUT2D eigenvalue weighted by molar-refractivity contribution is 7.14. The maximum atomic E-state index is 13.6. The summed E-state index contributed by atoms with van der Waals surface area (Å²) >= 11 is 1.60. The summed E-state index contributed by atoms with van der Waals surface area (Å²) in [4.78, 5) is 31.4. The molecule has 0 saturated carbocycles. The van der Waals surface area contributed by atoms with E-state index in [1.807, 2.05) is 6.07 Å². The predicted molar refractivity (Wildman–Crippen MR) is 109 cm³/mol. The summed E-state index contributed by atoms with van der Waals surface area (Å²) < 4.78 is 13.6. The minimum absolute atomic E-state index is 0.174. The molecule has 29 heavy (non-hydrogen) atoms. The van der Waals surface area contributed by atoms with Gasteiger partial charge in [0.15, 0.2) is 0 Å². The van der Waals surface area contributed by atoms with E-state index in [1.165, 1.54) is 13.1 Å². The van der Waals surface area contributed by atoms with E-state index in [2.05, 4.69) is 27.4 Å². The van der Waals surface area contributed by atoms with Gasteiger partial charge in [0.1, 0.15) is 29.0 Å². The first-order valence-corrected chi connectivity index (χ1v) is 9.95. The summed E-state index contributed by atoms with van der Waals surface area (Å²) in [5.41, 5.74) is 3.00. The van der Waals surface area contributed by atoms with Crippen molar-refractivity contribution in [3.8, 4) is 11.3 Å². The fraction of sp³-hybridized carbons (Fsp3) is 0.250. The first-order valence-electron chi connectivity index (χ1n) is 9.13. The maximum Gasteiger partial charge on any atom is 0.258 e. The van der Waals surface area contributed by atoms with E-state index in [0.29, 0.717) is 12.4 Å². The molecule has 3 aromatic heterocycles. The molecule has 148 valence electrons. The molecule has 0 aliphatic carbocycles. The summed E-state index contributed by atoms with van der Waals surface area (Å²) in [5, 5.41) is 7.58. The van der Waals surface area contributed by atoms with Crippen LogP contribution in [0.2, 0.25) is 0 Å². The lowest BCUT2D eigenvalue weighted by molar-refractivity contribution is 0.102. The monoisotopic (exact) mass is 411 g/mol. The zero-order valence-electron chi connectivity index (χ0n) is 15.9. The van der Waals surface area contributed by atoms with Crippen LogP contribution in [-0.2, 0) is 11.3 Å². The Kier molecular flexibility index (Phi) is 5.30. The molecule has 1 aliphatic rings. The van der Waals surface area contributed by atoms with Crippen LogP contribution >= 0.6 is 11.3 Å². The molecule has 7 nitrogen and oxygen atoms in total. The molecule has 0 spiro atoms. The molecular formula is C20H18FN5O2S. The van der Waals surface area contributed by atoms with Crippen LogP contribution in [-0.4, -0.2) is 33.2 Å². The summed E-state index contributed by atoms with van der Waals surface area (Å²) in [6, 6.07) is 3.55. The van der Waals surface area contributed by atoms with Crippen molar-refractivity contribution in [1.29, 1.82) is 0 Å². The Morgan fingerprint density at radius 3 is 2.86 bits per heavy atom. The highest BCUT2D eigenvalue weighted by atomic mass is 32.1. The normalized spacial score (nSPS) is 13.1. The first-order chi connectivity index (χ1) is 14.1. The number of carbonyl (C=O) groups is 1. The van der Waals surface area contributed by atoms with Gasteiger partial charge in [-0.3, -0.25) is 9.78 Å². The molecule has 0 saturated heterocycles. The number of carbonyl (C=O) groups excluding carboxylic acids is 1. The van der Waals surface area contributed by atoms with Crippen molar-refractivity contribution in [1.82, 2.24) is 15.0 Å². The molecule has 4 rings (SSSR count). The summed E-state index contributed by atoms with van der Waals surface area (Å²) in [6.07, 6.45) is 5.67. The third kappa shape index (κ3) is 3.86. The Morgan fingerprint density at radius 2 is 2.17 bits per heavy atom. The predicted octanol–water partition coefficient (Wildman–Crippen LogP) is 3.99. The maximum absolute atomic E-state index is 13.6. The fourth-order valence-electron chi connectivity index (χ4n) is 2.92. The molecule has 3 aromatic rings. The average Bonchev–Trinajstić information content (AvgIpc) is 3.40. The zero-order valence-corrected chi connectivity index (χ0v) is 16.7. The molecule has 1 N–H and O–H groups in total. The number of halogens is 1. The Labute approximate surface area is 170 Å². The minimum atomic E-state index is -0.523. The number of oxime groups is 1. The summed E-state index contributed by atoms with van der Waals surface area (Å²) in [7, 11) is 0. The van der Waals surface area contributed by atoms with Gasteiger partial charge in [0.25, 0.3) is 5.91 Å². The molecule has 0 atom stereocenters. The van der Waals surface area contributed by atoms with E-state index in [1.54, 1.807) is 23.6 Å². The molecule has 9 heteroatoms. The van der Waals surface area contributed by atoms with Crippen LogP contribution in [0.4, 0.5) is 10.2 Å². The van der Waals surface area contributed by atoms with E-state index in [-0.39, 0.29) is 11.1 Å². The molecule has 0 unspecified atom stereocenters. The van der Waals surface area contributed by atoms with E-state index < -0.39 is 11.7 Å². The molecule has 4 heterocycles. The Hall–Kier alpha value is -3.20. The van der Waals surface area contributed by atoms with E-state index in [9.17, 15) is 9.18 Å². The van der Waals surface area contributed by atoms with Gasteiger partial charge in [0, 0.05) is 34.8 Å². The van der Waals surface area contributed by atoms with Gasteiger partial charge < -0.3 is 10.2 Å². The minimum Gasteiger partial charge on any atom is -0.395 e. The number of hydrogen-bond donors (Lipinski definition) is 1. The van der Waals surface area contributed by atoms with Crippen LogP contribution in [0.1, 0.15) is 39.2 Å². The van der Waals surface area contributed by atoms with Gasteiger partial charge in [-0.05, 0) is 25.5 Å². The van der Waals surface area contributed by atoms with Gasteiger partial charge in [0.05, 0.1) is 17.5 Å². The van der Waals surface area contributed by atoms with E-state index in [0.717, 1.165) is 45.9 Å². The molecular weight excluding hydrogens is 393 g/mol.